The first-order valence-electron chi connectivity index (χ1n) is 8.87. The number of aromatic nitrogens is 2. The van der Waals surface area contributed by atoms with Crippen LogP contribution in [0.5, 0.6) is 0 Å². The van der Waals surface area contributed by atoms with Crippen molar-refractivity contribution in [3.05, 3.63) is 59.4 Å². The molecule has 3 rings (SSSR count). The predicted octanol–water partition coefficient (Wildman–Crippen LogP) is 2.64. The van der Waals surface area contributed by atoms with Crippen LogP contribution in [0.2, 0.25) is 0 Å². The number of nitrogens with zero attached hydrogens (tertiary/aromatic N) is 3. The van der Waals surface area contributed by atoms with Crippen LogP contribution in [0.15, 0.2) is 42.5 Å². The fourth-order valence-electron chi connectivity index (χ4n) is 3.17. The molecular formula is C20H26N4O. The monoisotopic (exact) mass is 338 g/mol. The molecule has 1 unspecified atom stereocenters. The van der Waals surface area contributed by atoms with E-state index in [9.17, 15) is 4.79 Å². The molecule has 1 aromatic heterocycles. The van der Waals surface area contributed by atoms with Crippen molar-refractivity contribution in [2.24, 2.45) is 7.05 Å². The van der Waals surface area contributed by atoms with Gasteiger partial charge in [0.2, 0.25) is 0 Å². The Bertz CT molecular complexity index is 716. The number of piperidine rings is 1. The summed E-state index contributed by atoms with van der Waals surface area (Å²) in [4.78, 5) is 14.8. The van der Waals surface area contributed by atoms with Gasteiger partial charge in [0.15, 0.2) is 0 Å². The molecule has 5 heteroatoms. The highest BCUT2D eigenvalue weighted by molar-refractivity contribution is 5.92. The molecule has 1 aromatic carbocycles. The summed E-state index contributed by atoms with van der Waals surface area (Å²) in [5.41, 5.74) is 2.71. The van der Waals surface area contributed by atoms with Gasteiger partial charge in [-0.3, -0.25) is 14.4 Å². The topological polar surface area (TPSA) is 50.2 Å². The molecule has 1 amide bonds. The third-order valence-electron chi connectivity index (χ3n) is 4.66. The number of rotatable bonds is 5. The third kappa shape index (κ3) is 4.79. The first-order chi connectivity index (χ1) is 12.1. The quantitative estimate of drug-likeness (QED) is 0.912. The van der Waals surface area contributed by atoms with Gasteiger partial charge in [-0.2, -0.15) is 5.10 Å². The van der Waals surface area contributed by atoms with E-state index in [1.165, 1.54) is 5.56 Å². The molecule has 0 aliphatic carbocycles. The Morgan fingerprint density at radius 3 is 2.88 bits per heavy atom. The van der Waals surface area contributed by atoms with E-state index in [-0.39, 0.29) is 11.9 Å². The van der Waals surface area contributed by atoms with Gasteiger partial charge >= 0.3 is 0 Å². The Labute approximate surface area is 149 Å². The Morgan fingerprint density at radius 1 is 1.36 bits per heavy atom. The second-order valence-electron chi connectivity index (χ2n) is 6.68. The van der Waals surface area contributed by atoms with E-state index in [0.29, 0.717) is 5.69 Å². The highest BCUT2D eigenvalue weighted by Gasteiger charge is 2.22. The summed E-state index contributed by atoms with van der Waals surface area (Å²) in [6, 6.07) is 12.3. The lowest BCUT2D eigenvalue weighted by Gasteiger charge is -2.32. The van der Waals surface area contributed by atoms with Crippen molar-refractivity contribution >= 4 is 12.0 Å². The van der Waals surface area contributed by atoms with Crippen LogP contribution in [-0.2, 0) is 7.05 Å². The molecule has 0 radical (unpaired) electrons. The number of carbonyl (C=O) groups excluding carboxylic acids is 1. The molecule has 1 atom stereocenters. The minimum absolute atomic E-state index is 0.0737. The smallest absolute Gasteiger partial charge is 0.272 e. The molecule has 25 heavy (non-hydrogen) atoms. The van der Waals surface area contributed by atoms with Gasteiger partial charge in [-0.25, -0.2) is 0 Å². The summed E-state index contributed by atoms with van der Waals surface area (Å²) in [6.07, 6.45) is 6.47. The molecule has 1 N–H and O–H groups in total. The Morgan fingerprint density at radius 2 is 2.16 bits per heavy atom. The molecule has 1 saturated heterocycles. The fraction of sp³-hybridized carbons (Fsp3) is 0.400. The summed E-state index contributed by atoms with van der Waals surface area (Å²) >= 11 is 0. The molecule has 1 aliphatic rings. The zero-order chi connectivity index (χ0) is 17.6. The Kier molecular flexibility index (Phi) is 5.66. The molecule has 0 spiro atoms. The second kappa shape index (κ2) is 8.12. The standard InChI is InChI=1S/C20H26N4O/c1-16-14-19(22-23(16)2)20(25)21-18-11-7-13-24(15-18)12-6-10-17-8-4-3-5-9-17/h3-6,8-10,14,18H,7,11-13,15H2,1-2H3,(H,21,25)/b10-6+. The van der Waals surface area contributed by atoms with Gasteiger partial charge < -0.3 is 5.32 Å². The molecule has 2 heterocycles. The van der Waals surface area contributed by atoms with Crippen molar-refractivity contribution in [2.75, 3.05) is 19.6 Å². The van der Waals surface area contributed by atoms with Crippen molar-refractivity contribution in [3.8, 4) is 0 Å². The van der Waals surface area contributed by atoms with Gasteiger partial charge in [0.25, 0.3) is 5.91 Å². The summed E-state index contributed by atoms with van der Waals surface area (Å²) in [5, 5.41) is 7.39. The highest BCUT2D eigenvalue weighted by Crippen LogP contribution is 2.12. The van der Waals surface area contributed by atoms with Crippen LogP contribution in [0.4, 0.5) is 0 Å². The van der Waals surface area contributed by atoms with Gasteiger partial charge in [0.05, 0.1) is 0 Å². The minimum Gasteiger partial charge on any atom is -0.347 e. The van der Waals surface area contributed by atoms with E-state index < -0.39 is 0 Å². The van der Waals surface area contributed by atoms with Crippen LogP contribution in [0.3, 0.4) is 0 Å². The molecule has 0 saturated carbocycles. The first-order valence-corrected chi connectivity index (χ1v) is 8.87. The highest BCUT2D eigenvalue weighted by atomic mass is 16.2. The average molecular weight is 338 g/mol. The molecule has 2 aromatic rings. The maximum atomic E-state index is 12.4. The van der Waals surface area contributed by atoms with E-state index in [4.69, 9.17) is 0 Å². The van der Waals surface area contributed by atoms with Crippen LogP contribution < -0.4 is 5.32 Å². The minimum atomic E-state index is -0.0737. The van der Waals surface area contributed by atoms with E-state index >= 15 is 0 Å². The lowest BCUT2D eigenvalue weighted by atomic mass is 10.1. The van der Waals surface area contributed by atoms with Crippen LogP contribution in [0, 0.1) is 6.92 Å². The number of hydrogen-bond acceptors (Lipinski definition) is 3. The van der Waals surface area contributed by atoms with Gasteiger partial charge in [0, 0.05) is 31.9 Å². The molecule has 0 bridgehead atoms. The van der Waals surface area contributed by atoms with E-state index in [1.807, 2.05) is 38.2 Å². The maximum absolute atomic E-state index is 12.4. The zero-order valence-corrected chi connectivity index (χ0v) is 15.0. The predicted molar refractivity (Wildman–Crippen MR) is 100 cm³/mol. The van der Waals surface area contributed by atoms with Crippen molar-refractivity contribution in [1.29, 1.82) is 0 Å². The average Bonchev–Trinajstić information content (AvgIpc) is 2.95. The third-order valence-corrected chi connectivity index (χ3v) is 4.66. The molecule has 1 fully saturated rings. The van der Waals surface area contributed by atoms with E-state index in [2.05, 4.69) is 39.6 Å². The maximum Gasteiger partial charge on any atom is 0.272 e. The van der Waals surface area contributed by atoms with Crippen LogP contribution in [-0.4, -0.2) is 46.3 Å². The SMILES string of the molecule is Cc1cc(C(=O)NC2CCCN(C/C=C/c3ccccc3)C2)nn1C. The number of amides is 1. The molecule has 5 nitrogen and oxygen atoms in total. The number of benzene rings is 1. The normalized spacial score (nSPS) is 18.6. The summed E-state index contributed by atoms with van der Waals surface area (Å²) in [7, 11) is 1.85. The Hall–Kier alpha value is -2.40. The van der Waals surface area contributed by atoms with Crippen LogP contribution in [0.25, 0.3) is 6.08 Å². The lowest BCUT2D eigenvalue weighted by molar-refractivity contribution is 0.0902. The first kappa shape index (κ1) is 17.4. The Balaban J connectivity index is 1.50. The van der Waals surface area contributed by atoms with Crippen molar-refractivity contribution in [3.63, 3.8) is 0 Å². The summed E-state index contributed by atoms with van der Waals surface area (Å²) in [6.45, 7) is 4.82. The van der Waals surface area contributed by atoms with Crippen molar-refractivity contribution < 1.29 is 4.79 Å². The lowest BCUT2D eigenvalue weighted by Crippen LogP contribution is -2.47. The van der Waals surface area contributed by atoms with Gasteiger partial charge in [0.1, 0.15) is 5.69 Å². The largest absolute Gasteiger partial charge is 0.347 e. The van der Waals surface area contributed by atoms with Gasteiger partial charge in [-0.05, 0) is 37.9 Å². The van der Waals surface area contributed by atoms with Gasteiger partial charge in [-0.15, -0.1) is 0 Å². The molecule has 132 valence electrons. The van der Waals surface area contributed by atoms with Crippen LogP contribution in [0.1, 0.15) is 34.6 Å². The number of hydrogen-bond donors (Lipinski definition) is 1. The number of likely N-dealkylation sites (tertiary alicyclic amines) is 1. The molecular weight excluding hydrogens is 312 g/mol. The van der Waals surface area contributed by atoms with Crippen molar-refractivity contribution in [1.82, 2.24) is 20.0 Å². The fourth-order valence-corrected chi connectivity index (χ4v) is 3.17. The van der Waals surface area contributed by atoms with E-state index in [0.717, 1.165) is 38.2 Å². The zero-order valence-electron chi connectivity index (χ0n) is 15.0. The van der Waals surface area contributed by atoms with Gasteiger partial charge in [-0.1, -0.05) is 42.5 Å². The molecule has 1 aliphatic heterocycles. The number of carbonyl (C=O) groups is 1. The number of aryl methyl sites for hydroxylation is 2. The van der Waals surface area contributed by atoms with Crippen LogP contribution >= 0.6 is 0 Å². The summed E-state index contributed by atoms with van der Waals surface area (Å²) < 4.78 is 1.73. The second-order valence-corrected chi connectivity index (χ2v) is 6.68. The summed E-state index contributed by atoms with van der Waals surface area (Å²) in [5.74, 6) is -0.0737. The number of nitrogens with one attached hydrogen (secondary N) is 1. The van der Waals surface area contributed by atoms with Crippen molar-refractivity contribution in [2.45, 2.75) is 25.8 Å². The van der Waals surface area contributed by atoms with E-state index in [1.54, 1.807) is 4.68 Å².